The fraction of sp³-hybridized carbons (Fsp3) is 0.400. The normalized spacial score (nSPS) is 23.5. The topological polar surface area (TPSA) is 46.2 Å². The van der Waals surface area contributed by atoms with Crippen LogP contribution in [0.4, 0.5) is 0 Å². The molecule has 210 valence electrons. The molecule has 0 unspecified atom stereocenters. The van der Waals surface area contributed by atoms with Crippen LogP contribution in [0.5, 0.6) is 0 Å². The summed E-state index contributed by atoms with van der Waals surface area (Å²) in [6.07, 6.45) is -2.04. The van der Waals surface area contributed by atoms with Gasteiger partial charge in [-0.3, -0.25) is 0 Å². The van der Waals surface area contributed by atoms with E-state index in [9.17, 15) is 0 Å². The van der Waals surface area contributed by atoms with Crippen LogP contribution in [-0.2, 0) is 43.5 Å². The van der Waals surface area contributed by atoms with Crippen LogP contribution in [0.2, 0.25) is 0 Å². The van der Waals surface area contributed by atoms with Crippen molar-refractivity contribution in [3.63, 3.8) is 0 Å². The Kier molecular flexibility index (Phi) is 12.4. The number of benzene rings is 3. The van der Waals surface area contributed by atoms with Crippen LogP contribution in [0.15, 0.2) is 91.0 Å². The van der Waals surface area contributed by atoms with Gasteiger partial charge in [-0.25, -0.2) is 0 Å². The highest BCUT2D eigenvalue weighted by Gasteiger charge is 2.48. The van der Waals surface area contributed by atoms with E-state index in [0.717, 1.165) is 16.7 Å². The first kappa shape index (κ1) is 30.8. The predicted molar refractivity (Wildman–Crippen MR) is 158 cm³/mol. The van der Waals surface area contributed by atoms with Crippen molar-refractivity contribution in [2.45, 2.75) is 48.2 Å². The average molecular weight is 659 g/mol. The maximum atomic E-state index is 6.56. The molecule has 5 atom stereocenters. The summed E-state index contributed by atoms with van der Waals surface area (Å²) in [5, 5.41) is 0.528. The molecular formula is C30H32BrCl3O5. The van der Waals surface area contributed by atoms with Crippen LogP contribution in [0, 0.1) is 5.92 Å². The van der Waals surface area contributed by atoms with E-state index in [2.05, 4.69) is 15.9 Å². The van der Waals surface area contributed by atoms with Gasteiger partial charge in [0.15, 0.2) is 6.29 Å². The zero-order valence-electron chi connectivity index (χ0n) is 21.3. The van der Waals surface area contributed by atoms with E-state index in [1.807, 2.05) is 91.0 Å². The van der Waals surface area contributed by atoms with E-state index in [0.29, 0.717) is 25.2 Å². The quantitative estimate of drug-likeness (QED) is 0.178. The molecule has 0 saturated carbocycles. The first-order valence-corrected chi connectivity index (χ1v) is 15.0. The highest BCUT2D eigenvalue weighted by Crippen LogP contribution is 2.36. The van der Waals surface area contributed by atoms with Crippen LogP contribution in [0.25, 0.3) is 0 Å². The highest BCUT2D eigenvalue weighted by atomic mass is 79.9. The van der Waals surface area contributed by atoms with E-state index in [-0.39, 0.29) is 19.1 Å². The van der Waals surface area contributed by atoms with E-state index < -0.39 is 28.4 Å². The average Bonchev–Trinajstić information content (AvgIpc) is 2.95. The van der Waals surface area contributed by atoms with E-state index >= 15 is 0 Å². The molecule has 1 aliphatic rings. The van der Waals surface area contributed by atoms with Crippen molar-refractivity contribution in [3.8, 4) is 0 Å². The Morgan fingerprint density at radius 2 is 1.15 bits per heavy atom. The van der Waals surface area contributed by atoms with Gasteiger partial charge in [0.05, 0.1) is 39.1 Å². The molecule has 1 fully saturated rings. The van der Waals surface area contributed by atoms with Crippen LogP contribution >= 0.6 is 50.7 Å². The summed E-state index contributed by atoms with van der Waals surface area (Å²) in [7, 11) is 0. The summed E-state index contributed by atoms with van der Waals surface area (Å²) < 4.78 is 30.1. The molecule has 3 aromatic carbocycles. The molecule has 1 aliphatic heterocycles. The van der Waals surface area contributed by atoms with Crippen molar-refractivity contribution in [1.82, 2.24) is 0 Å². The van der Waals surface area contributed by atoms with Gasteiger partial charge >= 0.3 is 0 Å². The number of hydrogen-bond acceptors (Lipinski definition) is 5. The number of halogens is 4. The Morgan fingerprint density at radius 1 is 0.667 bits per heavy atom. The standard InChI is InChI=1S/C30H32BrCl3O5/c31-16-25-27(36-18-23-12-6-2-7-13-23)28(37-19-24-14-8-3-9-15-24)26(39-29(25)38-21-30(32,33)34)20-35-17-22-10-4-1-5-11-22/h1-15,25-29H,16-21H2/t25-,26+,27+,28+,29-/m0/s1. The number of ether oxygens (including phenoxy) is 5. The third-order valence-electron chi connectivity index (χ3n) is 6.32. The molecule has 5 nitrogen and oxygen atoms in total. The first-order valence-electron chi connectivity index (χ1n) is 12.8. The molecule has 1 heterocycles. The van der Waals surface area contributed by atoms with Crippen LogP contribution in [-0.4, -0.2) is 46.9 Å². The Hall–Kier alpha value is -1.19. The van der Waals surface area contributed by atoms with Crippen LogP contribution in [0.1, 0.15) is 16.7 Å². The predicted octanol–water partition coefficient (Wildman–Crippen LogP) is 7.50. The van der Waals surface area contributed by atoms with Gasteiger partial charge in [0.2, 0.25) is 3.79 Å². The van der Waals surface area contributed by atoms with Crippen molar-refractivity contribution >= 4 is 50.7 Å². The van der Waals surface area contributed by atoms with Gasteiger partial charge < -0.3 is 23.7 Å². The zero-order chi connectivity index (χ0) is 27.5. The van der Waals surface area contributed by atoms with Crippen molar-refractivity contribution in [3.05, 3.63) is 108 Å². The van der Waals surface area contributed by atoms with Crippen LogP contribution < -0.4 is 0 Å². The first-order chi connectivity index (χ1) is 18.9. The molecule has 0 bridgehead atoms. The monoisotopic (exact) mass is 656 g/mol. The number of rotatable bonds is 13. The number of alkyl halides is 4. The lowest BCUT2D eigenvalue weighted by molar-refractivity contribution is -0.300. The summed E-state index contributed by atoms with van der Waals surface area (Å²) in [4.78, 5) is 0. The summed E-state index contributed by atoms with van der Waals surface area (Å²) in [5.74, 6) is -0.243. The summed E-state index contributed by atoms with van der Waals surface area (Å²) in [5.41, 5.74) is 3.16. The molecular weight excluding hydrogens is 627 g/mol. The highest BCUT2D eigenvalue weighted by molar-refractivity contribution is 9.09. The lowest BCUT2D eigenvalue weighted by Crippen LogP contribution is -2.59. The Balaban J connectivity index is 1.56. The number of hydrogen-bond donors (Lipinski definition) is 0. The van der Waals surface area contributed by atoms with E-state index in [1.165, 1.54) is 0 Å². The van der Waals surface area contributed by atoms with Gasteiger partial charge in [-0.05, 0) is 16.7 Å². The minimum Gasteiger partial charge on any atom is -0.374 e. The molecule has 39 heavy (non-hydrogen) atoms. The molecule has 0 N–H and O–H groups in total. The zero-order valence-corrected chi connectivity index (χ0v) is 25.2. The maximum Gasteiger partial charge on any atom is 0.213 e. The minimum absolute atomic E-state index is 0.135. The third-order valence-corrected chi connectivity index (χ3v) is 7.40. The molecule has 0 radical (unpaired) electrons. The molecule has 1 saturated heterocycles. The van der Waals surface area contributed by atoms with Crippen molar-refractivity contribution in [2.75, 3.05) is 18.5 Å². The van der Waals surface area contributed by atoms with Gasteiger partial charge in [0.25, 0.3) is 0 Å². The molecule has 9 heteroatoms. The molecule has 0 spiro atoms. The van der Waals surface area contributed by atoms with Crippen molar-refractivity contribution in [2.24, 2.45) is 5.92 Å². The Labute approximate surface area is 253 Å². The van der Waals surface area contributed by atoms with Gasteiger partial charge in [-0.2, -0.15) is 0 Å². The smallest absolute Gasteiger partial charge is 0.213 e. The maximum absolute atomic E-state index is 6.56. The third kappa shape index (κ3) is 9.99. The van der Waals surface area contributed by atoms with Crippen molar-refractivity contribution < 1.29 is 23.7 Å². The van der Waals surface area contributed by atoms with Gasteiger partial charge in [0.1, 0.15) is 12.2 Å². The molecule has 3 aromatic rings. The fourth-order valence-electron chi connectivity index (χ4n) is 4.42. The van der Waals surface area contributed by atoms with Crippen molar-refractivity contribution in [1.29, 1.82) is 0 Å². The molecule has 4 rings (SSSR count). The SMILES string of the molecule is ClC(Cl)(Cl)CO[C@H]1O[C@H](COCc2ccccc2)[C@@H](OCc2ccccc2)[C@H](OCc2ccccc2)[C@@H]1CBr. The molecule has 0 amide bonds. The summed E-state index contributed by atoms with van der Waals surface area (Å²) >= 11 is 21.7. The van der Waals surface area contributed by atoms with Gasteiger partial charge in [-0.1, -0.05) is 142 Å². The fourth-order valence-corrected chi connectivity index (χ4v) is 5.28. The van der Waals surface area contributed by atoms with Gasteiger partial charge in [-0.15, -0.1) is 0 Å². The lowest BCUT2D eigenvalue weighted by Gasteiger charge is -2.46. The Morgan fingerprint density at radius 3 is 1.64 bits per heavy atom. The second-order valence-electron chi connectivity index (χ2n) is 9.31. The Bertz CT molecular complexity index is 1090. The van der Waals surface area contributed by atoms with Crippen LogP contribution in [0.3, 0.4) is 0 Å². The summed E-state index contributed by atoms with van der Waals surface area (Å²) in [6, 6.07) is 30.0. The second-order valence-corrected chi connectivity index (χ2v) is 12.5. The molecule has 0 aromatic heterocycles. The largest absolute Gasteiger partial charge is 0.374 e. The lowest BCUT2D eigenvalue weighted by atomic mass is 9.91. The molecule has 0 aliphatic carbocycles. The second kappa shape index (κ2) is 15.7. The minimum atomic E-state index is -1.58. The summed E-state index contributed by atoms with van der Waals surface area (Å²) in [6.45, 7) is 1.36. The van der Waals surface area contributed by atoms with E-state index in [4.69, 9.17) is 58.5 Å². The van der Waals surface area contributed by atoms with Gasteiger partial charge in [0, 0.05) is 11.2 Å². The van der Waals surface area contributed by atoms with E-state index in [1.54, 1.807) is 0 Å².